The summed E-state index contributed by atoms with van der Waals surface area (Å²) < 4.78 is 7.26. The average Bonchev–Trinajstić information content (AvgIpc) is 2.91. The molecule has 0 bridgehead atoms. The Morgan fingerprint density at radius 3 is 2.95 bits per heavy atom. The van der Waals surface area contributed by atoms with Crippen molar-refractivity contribution in [3.8, 4) is 5.75 Å². The minimum Gasteiger partial charge on any atom is -0.487 e. The summed E-state index contributed by atoms with van der Waals surface area (Å²) in [4.78, 5) is 14.3. The van der Waals surface area contributed by atoms with Crippen molar-refractivity contribution in [3.63, 3.8) is 0 Å². The normalized spacial score (nSPS) is 10.4. The first-order chi connectivity index (χ1) is 9.66. The number of rotatable bonds is 7. The zero-order valence-electron chi connectivity index (χ0n) is 11.2. The first-order valence-electron chi connectivity index (χ1n) is 6.37. The van der Waals surface area contributed by atoms with Crippen molar-refractivity contribution in [1.82, 2.24) is 14.8 Å². The molecule has 0 unspecified atom stereocenters. The zero-order chi connectivity index (χ0) is 14.4. The molecule has 0 fully saturated rings. The molecule has 1 heterocycles. The Bertz CT molecular complexity index is 569. The molecule has 7 nitrogen and oxygen atoms in total. The van der Waals surface area contributed by atoms with E-state index in [0.29, 0.717) is 12.4 Å². The molecule has 2 rings (SSSR count). The molecule has 0 aliphatic rings. The van der Waals surface area contributed by atoms with Crippen molar-refractivity contribution in [2.24, 2.45) is 0 Å². The van der Waals surface area contributed by atoms with Crippen molar-refractivity contribution in [2.75, 3.05) is 6.61 Å². The number of nitro groups is 1. The fourth-order valence-electron chi connectivity index (χ4n) is 1.79. The summed E-state index contributed by atoms with van der Waals surface area (Å²) in [7, 11) is 0. The van der Waals surface area contributed by atoms with Crippen molar-refractivity contribution < 1.29 is 9.66 Å². The molecule has 0 N–H and O–H groups in total. The van der Waals surface area contributed by atoms with E-state index in [1.165, 1.54) is 12.4 Å². The van der Waals surface area contributed by atoms with Gasteiger partial charge in [-0.05, 0) is 31.4 Å². The fourth-order valence-corrected chi connectivity index (χ4v) is 1.79. The number of nitrogens with zero attached hydrogens (tertiary/aromatic N) is 4. The van der Waals surface area contributed by atoms with Crippen LogP contribution in [0.1, 0.15) is 18.4 Å². The van der Waals surface area contributed by atoms with Crippen LogP contribution in [-0.4, -0.2) is 26.3 Å². The molecule has 106 valence electrons. The Balaban J connectivity index is 1.81. The van der Waals surface area contributed by atoms with Gasteiger partial charge in [0.1, 0.15) is 12.7 Å². The van der Waals surface area contributed by atoms with E-state index in [2.05, 4.69) is 10.1 Å². The molecule has 1 aromatic carbocycles. The number of benzene rings is 1. The maximum Gasteiger partial charge on any atom is 0.310 e. The van der Waals surface area contributed by atoms with E-state index in [0.717, 1.165) is 24.9 Å². The minimum atomic E-state index is -0.426. The highest BCUT2D eigenvalue weighted by Crippen LogP contribution is 2.27. The molecular formula is C13H16N4O3. The number of hydrogen-bond donors (Lipinski definition) is 0. The summed E-state index contributed by atoms with van der Waals surface area (Å²) in [6.45, 7) is 3.08. The molecule has 7 heteroatoms. The molecule has 0 aliphatic carbocycles. The van der Waals surface area contributed by atoms with Gasteiger partial charge in [-0.2, -0.15) is 5.10 Å². The Morgan fingerprint density at radius 2 is 2.25 bits per heavy atom. The summed E-state index contributed by atoms with van der Waals surface area (Å²) >= 11 is 0. The lowest BCUT2D eigenvalue weighted by Crippen LogP contribution is -2.04. The third kappa shape index (κ3) is 3.78. The lowest BCUT2D eigenvalue weighted by molar-refractivity contribution is -0.385. The molecule has 0 atom stereocenters. The standard InChI is InChI=1S/C13H16N4O3/c1-11-4-5-12(17(18)19)13(8-11)20-7-3-2-6-16-10-14-9-15-16/h4-5,8-10H,2-3,6-7H2,1H3. The van der Waals surface area contributed by atoms with Crippen LogP contribution < -0.4 is 4.74 Å². The Labute approximate surface area is 116 Å². The summed E-state index contributed by atoms with van der Waals surface area (Å²) in [5.74, 6) is 0.329. The van der Waals surface area contributed by atoms with Gasteiger partial charge in [0.15, 0.2) is 5.75 Å². The summed E-state index contributed by atoms with van der Waals surface area (Å²) in [6, 6.07) is 4.87. The second-order valence-corrected chi connectivity index (χ2v) is 4.44. The van der Waals surface area contributed by atoms with Gasteiger partial charge in [-0.25, -0.2) is 4.98 Å². The van der Waals surface area contributed by atoms with Gasteiger partial charge in [0, 0.05) is 12.6 Å². The van der Waals surface area contributed by atoms with E-state index in [9.17, 15) is 10.1 Å². The zero-order valence-corrected chi connectivity index (χ0v) is 11.2. The van der Waals surface area contributed by atoms with E-state index in [1.807, 2.05) is 6.92 Å². The largest absolute Gasteiger partial charge is 0.487 e. The number of unbranched alkanes of at least 4 members (excludes halogenated alkanes) is 1. The van der Waals surface area contributed by atoms with E-state index in [4.69, 9.17) is 4.74 Å². The SMILES string of the molecule is Cc1ccc([N+](=O)[O-])c(OCCCCn2cncn2)c1. The maximum atomic E-state index is 10.9. The Kier molecular flexibility index (Phi) is 4.65. The van der Waals surface area contributed by atoms with Crippen LogP contribution >= 0.6 is 0 Å². The monoisotopic (exact) mass is 276 g/mol. The van der Waals surface area contributed by atoms with Gasteiger partial charge in [-0.3, -0.25) is 14.8 Å². The molecule has 1 aromatic heterocycles. The van der Waals surface area contributed by atoms with Crippen molar-refractivity contribution in [2.45, 2.75) is 26.3 Å². The Hall–Kier alpha value is -2.44. The van der Waals surface area contributed by atoms with E-state index < -0.39 is 4.92 Å². The van der Waals surface area contributed by atoms with E-state index in [-0.39, 0.29) is 5.69 Å². The number of aromatic nitrogens is 3. The van der Waals surface area contributed by atoms with Crippen molar-refractivity contribution in [3.05, 3.63) is 46.5 Å². The highest BCUT2D eigenvalue weighted by molar-refractivity contribution is 5.48. The highest BCUT2D eigenvalue weighted by Gasteiger charge is 2.14. The molecule has 20 heavy (non-hydrogen) atoms. The smallest absolute Gasteiger partial charge is 0.310 e. The van der Waals surface area contributed by atoms with Crippen LogP contribution in [-0.2, 0) is 6.54 Å². The van der Waals surface area contributed by atoms with Crippen molar-refractivity contribution >= 4 is 5.69 Å². The van der Waals surface area contributed by atoms with Gasteiger partial charge < -0.3 is 4.74 Å². The first-order valence-corrected chi connectivity index (χ1v) is 6.37. The van der Waals surface area contributed by atoms with Gasteiger partial charge in [-0.1, -0.05) is 6.07 Å². The molecule has 0 spiro atoms. The number of aryl methyl sites for hydroxylation is 2. The predicted molar refractivity (Wildman–Crippen MR) is 72.6 cm³/mol. The van der Waals surface area contributed by atoms with Crippen LogP contribution in [0.3, 0.4) is 0 Å². The molecular weight excluding hydrogens is 260 g/mol. The second kappa shape index (κ2) is 6.65. The number of hydrogen-bond acceptors (Lipinski definition) is 5. The molecule has 0 amide bonds. The highest BCUT2D eigenvalue weighted by atomic mass is 16.6. The molecule has 0 saturated heterocycles. The maximum absolute atomic E-state index is 10.9. The number of ether oxygens (including phenoxy) is 1. The topological polar surface area (TPSA) is 83.1 Å². The average molecular weight is 276 g/mol. The predicted octanol–water partition coefficient (Wildman–Crippen LogP) is 2.35. The van der Waals surface area contributed by atoms with Crippen molar-refractivity contribution in [1.29, 1.82) is 0 Å². The first kappa shape index (κ1) is 14.0. The quantitative estimate of drug-likeness (QED) is 0.440. The lowest BCUT2D eigenvalue weighted by Gasteiger charge is -2.07. The minimum absolute atomic E-state index is 0.00637. The third-order valence-electron chi connectivity index (χ3n) is 2.82. The molecule has 2 aromatic rings. The summed E-state index contributed by atoms with van der Waals surface area (Å²) in [5, 5.41) is 14.9. The van der Waals surface area contributed by atoms with Gasteiger partial charge in [0.05, 0.1) is 11.5 Å². The molecule has 0 radical (unpaired) electrons. The van der Waals surface area contributed by atoms with Crippen LogP contribution in [0.15, 0.2) is 30.9 Å². The fraction of sp³-hybridized carbons (Fsp3) is 0.385. The van der Waals surface area contributed by atoms with E-state index >= 15 is 0 Å². The lowest BCUT2D eigenvalue weighted by atomic mass is 10.2. The van der Waals surface area contributed by atoms with Gasteiger partial charge in [0.25, 0.3) is 0 Å². The van der Waals surface area contributed by atoms with Gasteiger partial charge in [0.2, 0.25) is 0 Å². The third-order valence-corrected chi connectivity index (χ3v) is 2.82. The molecule has 0 saturated carbocycles. The van der Waals surface area contributed by atoms with Gasteiger partial charge in [-0.15, -0.1) is 0 Å². The van der Waals surface area contributed by atoms with Crippen LogP contribution in [0.5, 0.6) is 5.75 Å². The van der Waals surface area contributed by atoms with Gasteiger partial charge >= 0.3 is 5.69 Å². The second-order valence-electron chi connectivity index (χ2n) is 4.44. The summed E-state index contributed by atoms with van der Waals surface area (Å²) in [6.07, 6.45) is 4.83. The van der Waals surface area contributed by atoms with Crippen LogP contribution in [0.25, 0.3) is 0 Å². The van der Waals surface area contributed by atoms with Crippen LogP contribution in [0.4, 0.5) is 5.69 Å². The molecule has 0 aliphatic heterocycles. The Morgan fingerprint density at radius 1 is 1.40 bits per heavy atom. The van der Waals surface area contributed by atoms with Crippen LogP contribution in [0, 0.1) is 17.0 Å². The van der Waals surface area contributed by atoms with Crippen LogP contribution in [0.2, 0.25) is 0 Å². The number of nitro benzene ring substituents is 1. The summed E-state index contributed by atoms with van der Waals surface area (Å²) in [5.41, 5.74) is 0.945. The van der Waals surface area contributed by atoms with E-state index in [1.54, 1.807) is 23.1 Å².